The van der Waals surface area contributed by atoms with Crippen molar-refractivity contribution >= 4 is 27.7 Å². The van der Waals surface area contributed by atoms with Crippen molar-refractivity contribution in [1.29, 1.82) is 0 Å². The second kappa shape index (κ2) is 10.1. The number of rotatable bonds is 9. The number of furan rings is 1. The lowest BCUT2D eigenvalue weighted by molar-refractivity contribution is 0.0956. The summed E-state index contributed by atoms with van der Waals surface area (Å²) < 4.78 is 31.8. The molecule has 3 rings (SSSR count). The van der Waals surface area contributed by atoms with Crippen molar-refractivity contribution in [3.63, 3.8) is 0 Å². The lowest BCUT2D eigenvalue weighted by Gasteiger charge is -2.25. The quantitative estimate of drug-likeness (QED) is 0.628. The molecule has 1 saturated heterocycles. The molecule has 1 N–H and O–H groups in total. The predicted molar refractivity (Wildman–Crippen MR) is 112 cm³/mol. The zero-order valence-electron chi connectivity index (χ0n) is 15.8. The highest BCUT2D eigenvalue weighted by molar-refractivity contribution is 7.98. The second-order valence-corrected chi connectivity index (χ2v) is 9.87. The van der Waals surface area contributed by atoms with Gasteiger partial charge in [0.25, 0.3) is 5.91 Å². The van der Waals surface area contributed by atoms with Crippen LogP contribution in [0.5, 0.6) is 0 Å². The number of sulfonamides is 1. The topological polar surface area (TPSA) is 79.6 Å². The van der Waals surface area contributed by atoms with Crippen molar-refractivity contribution in [3.8, 4) is 0 Å². The van der Waals surface area contributed by atoms with Crippen molar-refractivity contribution in [2.24, 2.45) is 0 Å². The first-order valence-electron chi connectivity index (χ1n) is 9.50. The van der Waals surface area contributed by atoms with Gasteiger partial charge in [-0.25, -0.2) is 12.7 Å². The van der Waals surface area contributed by atoms with Crippen LogP contribution in [0.2, 0.25) is 0 Å². The Morgan fingerprint density at radius 2 is 1.86 bits per heavy atom. The molecular formula is C20H26N2O4S2. The SMILES string of the molecule is O=C(NCCSCc1ccco1)c1ccc(CS(=O)(=O)N2CCCCC2)cc1. The van der Waals surface area contributed by atoms with Crippen molar-refractivity contribution in [3.05, 3.63) is 59.5 Å². The van der Waals surface area contributed by atoms with Crippen LogP contribution in [0.15, 0.2) is 47.1 Å². The van der Waals surface area contributed by atoms with E-state index in [4.69, 9.17) is 4.42 Å². The molecule has 0 bridgehead atoms. The molecule has 152 valence electrons. The van der Waals surface area contributed by atoms with Crippen LogP contribution >= 0.6 is 11.8 Å². The summed E-state index contributed by atoms with van der Waals surface area (Å²) in [5.74, 6) is 2.33. The van der Waals surface area contributed by atoms with Crippen molar-refractivity contribution < 1.29 is 17.6 Å². The van der Waals surface area contributed by atoms with E-state index in [1.165, 1.54) is 0 Å². The number of benzene rings is 1. The Labute approximate surface area is 170 Å². The summed E-state index contributed by atoms with van der Waals surface area (Å²) in [5.41, 5.74) is 1.24. The van der Waals surface area contributed by atoms with Gasteiger partial charge in [-0.3, -0.25) is 4.79 Å². The maximum Gasteiger partial charge on any atom is 0.251 e. The van der Waals surface area contributed by atoms with E-state index in [9.17, 15) is 13.2 Å². The highest BCUT2D eigenvalue weighted by Gasteiger charge is 2.24. The molecule has 0 unspecified atom stereocenters. The van der Waals surface area contributed by atoms with Gasteiger partial charge in [-0.05, 0) is 42.7 Å². The lowest BCUT2D eigenvalue weighted by Crippen LogP contribution is -2.36. The highest BCUT2D eigenvalue weighted by Crippen LogP contribution is 2.17. The summed E-state index contributed by atoms with van der Waals surface area (Å²) >= 11 is 1.69. The number of thioether (sulfide) groups is 1. The van der Waals surface area contributed by atoms with E-state index in [2.05, 4.69) is 5.32 Å². The maximum atomic E-state index is 12.5. The van der Waals surface area contributed by atoms with Crippen molar-refractivity contribution in [2.45, 2.75) is 30.8 Å². The van der Waals surface area contributed by atoms with Gasteiger partial charge in [-0.15, -0.1) is 0 Å². The van der Waals surface area contributed by atoms with Gasteiger partial charge in [0.1, 0.15) is 5.76 Å². The van der Waals surface area contributed by atoms with Gasteiger partial charge >= 0.3 is 0 Å². The third-order valence-corrected chi connectivity index (χ3v) is 7.46. The number of carbonyl (C=O) groups excluding carboxylic acids is 1. The van der Waals surface area contributed by atoms with Crippen LogP contribution in [-0.4, -0.2) is 44.0 Å². The third-order valence-electron chi connectivity index (χ3n) is 4.63. The predicted octanol–water partition coefficient (Wildman–Crippen LogP) is 3.26. The Kier molecular flexibility index (Phi) is 7.58. The Morgan fingerprint density at radius 1 is 1.11 bits per heavy atom. The van der Waals surface area contributed by atoms with Crippen molar-refractivity contribution in [2.75, 3.05) is 25.4 Å². The molecule has 1 aromatic carbocycles. The first kappa shape index (κ1) is 21.0. The zero-order valence-corrected chi connectivity index (χ0v) is 17.4. The molecule has 0 atom stereocenters. The Bertz CT molecular complexity index is 843. The van der Waals surface area contributed by atoms with Crippen LogP contribution in [0.25, 0.3) is 0 Å². The Balaban J connectivity index is 1.43. The van der Waals surface area contributed by atoms with E-state index in [1.54, 1.807) is 46.6 Å². The second-order valence-electron chi connectivity index (χ2n) is 6.80. The minimum atomic E-state index is -3.29. The summed E-state index contributed by atoms with van der Waals surface area (Å²) in [6, 6.07) is 10.6. The van der Waals surface area contributed by atoms with E-state index in [0.29, 0.717) is 30.8 Å². The molecule has 1 aliphatic rings. The minimum Gasteiger partial charge on any atom is -0.468 e. The summed E-state index contributed by atoms with van der Waals surface area (Å²) in [4.78, 5) is 12.2. The smallest absolute Gasteiger partial charge is 0.251 e. The van der Waals surface area contributed by atoms with Crippen LogP contribution in [0.1, 0.15) is 40.9 Å². The van der Waals surface area contributed by atoms with E-state index in [0.717, 1.165) is 36.5 Å². The molecule has 1 aliphatic heterocycles. The Morgan fingerprint density at radius 3 is 2.54 bits per heavy atom. The molecular weight excluding hydrogens is 396 g/mol. The summed E-state index contributed by atoms with van der Waals surface area (Å²) in [7, 11) is -3.29. The molecule has 1 aromatic heterocycles. The van der Waals surface area contributed by atoms with Gasteiger partial charge < -0.3 is 9.73 Å². The molecule has 0 radical (unpaired) electrons. The lowest BCUT2D eigenvalue weighted by atomic mass is 10.1. The Hall–Kier alpha value is -1.77. The number of hydrogen-bond acceptors (Lipinski definition) is 5. The number of nitrogens with one attached hydrogen (secondary N) is 1. The standard InChI is InChI=1S/C20H26N2O4S2/c23-20(21-10-14-27-15-19-5-4-13-26-19)18-8-6-17(7-9-18)16-28(24,25)22-11-2-1-3-12-22/h4-9,13H,1-3,10-12,14-16H2,(H,21,23). The molecule has 8 heteroatoms. The van der Waals surface area contributed by atoms with Crippen LogP contribution in [0.3, 0.4) is 0 Å². The number of hydrogen-bond donors (Lipinski definition) is 1. The summed E-state index contributed by atoms with van der Waals surface area (Å²) in [6.07, 6.45) is 4.60. The molecule has 0 aliphatic carbocycles. The minimum absolute atomic E-state index is 0.0156. The molecule has 1 amide bonds. The molecule has 2 heterocycles. The third kappa shape index (κ3) is 6.12. The van der Waals surface area contributed by atoms with Gasteiger partial charge in [0.15, 0.2) is 0 Å². The normalized spacial score (nSPS) is 15.4. The van der Waals surface area contributed by atoms with Gasteiger partial charge in [0, 0.05) is 31.0 Å². The maximum absolute atomic E-state index is 12.5. The van der Waals surface area contributed by atoms with E-state index < -0.39 is 10.0 Å². The molecule has 0 saturated carbocycles. The largest absolute Gasteiger partial charge is 0.468 e. The van der Waals surface area contributed by atoms with Crippen LogP contribution in [-0.2, 0) is 21.5 Å². The van der Waals surface area contributed by atoms with Crippen LogP contribution in [0.4, 0.5) is 0 Å². The molecule has 1 fully saturated rings. The molecule has 0 spiro atoms. The average Bonchev–Trinajstić information content (AvgIpc) is 3.22. The van der Waals surface area contributed by atoms with Crippen LogP contribution in [0, 0.1) is 0 Å². The fraction of sp³-hybridized carbons (Fsp3) is 0.450. The van der Waals surface area contributed by atoms with Gasteiger partial charge in [0.05, 0.1) is 17.8 Å². The van der Waals surface area contributed by atoms with Gasteiger partial charge in [0.2, 0.25) is 10.0 Å². The van der Waals surface area contributed by atoms with Gasteiger partial charge in [-0.2, -0.15) is 11.8 Å². The number of carbonyl (C=O) groups is 1. The van der Waals surface area contributed by atoms with Gasteiger partial charge in [-0.1, -0.05) is 18.6 Å². The highest BCUT2D eigenvalue weighted by atomic mass is 32.2. The molecule has 6 nitrogen and oxygen atoms in total. The summed E-state index contributed by atoms with van der Waals surface area (Å²) in [5, 5.41) is 2.88. The zero-order chi connectivity index (χ0) is 19.8. The monoisotopic (exact) mass is 422 g/mol. The van der Waals surface area contributed by atoms with Crippen LogP contribution < -0.4 is 5.32 Å². The first-order valence-corrected chi connectivity index (χ1v) is 12.3. The number of piperidine rings is 1. The van der Waals surface area contributed by atoms with E-state index in [1.807, 2.05) is 12.1 Å². The molecule has 28 heavy (non-hydrogen) atoms. The fourth-order valence-electron chi connectivity index (χ4n) is 3.10. The number of nitrogens with zero attached hydrogens (tertiary/aromatic N) is 1. The fourth-order valence-corrected chi connectivity index (χ4v) is 5.47. The first-order chi connectivity index (χ1) is 13.5. The van der Waals surface area contributed by atoms with E-state index in [-0.39, 0.29) is 11.7 Å². The number of amides is 1. The van der Waals surface area contributed by atoms with Crippen molar-refractivity contribution in [1.82, 2.24) is 9.62 Å². The average molecular weight is 423 g/mol. The summed E-state index contributed by atoms with van der Waals surface area (Å²) in [6.45, 7) is 1.79. The van der Waals surface area contributed by atoms with E-state index >= 15 is 0 Å². The molecule has 2 aromatic rings.